The highest BCUT2D eigenvalue weighted by Crippen LogP contribution is 2.29. The van der Waals surface area contributed by atoms with E-state index in [9.17, 15) is 22.4 Å². The molecule has 1 fully saturated rings. The second-order valence-electron chi connectivity index (χ2n) is 6.89. The summed E-state index contributed by atoms with van der Waals surface area (Å²) in [5, 5.41) is 2.83. The van der Waals surface area contributed by atoms with Gasteiger partial charge >= 0.3 is 6.18 Å². The van der Waals surface area contributed by atoms with Crippen molar-refractivity contribution in [2.24, 2.45) is 0 Å². The quantitative estimate of drug-likeness (QED) is 0.741. The Bertz CT molecular complexity index is 818. The van der Waals surface area contributed by atoms with E-state index in [0.717, 1.165) is 17.7 Å². The summed E-state index contributed by atoms with van der Waals surface area (Å²) >= 11 is 0. The summed E-state index contributed by atoms with van der Waals surface area (Å²) in [6.07, 6.45) is -4.44. The van der Waals surface area contributed by atoms with Crippen LogP contribution in [-0.2, 0) is 22.1 Å². The van der Waals surface area contributed by atoms with E-state index in [2.05, 4.69) is 10.2 Å². The fourth-order valence-electron chi connectivity index (χ4n) is 3.33. The predicted octanol–water partition coefficient (Wildman–Crippen LogP) is 3.58. The first-order valence-corrected chi connectivity index (χ1v) is 9.33. The van der Waals surface area contributed by atoms with Gasteiger partial charge in [-0.3, -0.25) is 9.69 Å². The number of alkyl halides is 3. The number of nitrogens with one attached hydrogen (secondary N) is 1. The Morgan fingerprint density at radius 3 is 2.41 bits per heavy atom. The molecular weight excluding hydrogens is 388 g/mol. The summed E-state index contributed by atoms with van der Waals surface area (Å²) in [4.78, 5) is 14.5. The minimum Gasteiger partial charge on any atom is -0.379 e. The average Bonchev–Trinajstić information content (AvgIpc) is 2.69. The lowest BCUT2D eigenvalue weighted by Crippen LogP contribution is -2.44. The topological polar surface area (TPSA) is 41.6 Å². The van der Waals surface area contributed by atoms with Crippen LogP contribution in [-0.4, -0.2) is 43.7 Å². The Morgan fingerprint density at radius 2 is 1.79 bits per heavy atom. The first-order valence-electron chi connectivity index (χ1n) is 9.33. The molecule has 1 saturated heterocycles. The number of hydrogen-bond acceptors (Lipinski definition) is 3. The van der Waals surface area contributed by atoms with Gasteiger partial charge in [0.15, 0.2) is 0 Å². The first-order chi connectivity index (χ1) is 13.8. The van der Waals surface area contributed by atoms with E-state index in [1.807, 2.05) is 6.07 Å². The summed E-state index contributed by atoms with van der Waals surface area (Å²) in [5.41, 5.74) is 0.492. The van der Waals surface area contributed by atoms with E-state index in [0.29, 0.717) is 31.9 Å². The van der Waals surface area contributed by atoms with Gasteiger partial charge in [0.1, 0.15) is 5.82 Å². The number of nitrogens with zero attached hydrogens (tertiary/aromatic N) is 1. The van der Waals surface area contributed by atoms with Gasteiger partial charge in [-0.2, -0.15) is 13.2 Å². The van der Waals surface area contributed by atoms with Crippen molar-refractivity contribution in [2.75, 3.05) is 32.8 Å². The molecule has 8 heteroatoms. The molecule has 0 aliphatic carbocycles. The summed E-state index contributed by atoms with van der Waals surface area (Å²) in [6.45, 7) is 2.71. The van der Waals surface area contributed by atoms with Crippen molar-refractivity contribution in [1.82, 2.24) is 10.2 Å². The number of rotatable bonds is 6. The number of benzene rings is 2. The van der Waals surface area contributed by atoms with Crippen LogP contribution >= 0.6 is 0 Å². The van der Waals surface area contributed by atoms with Crippen LogP contribution in [0.2, 0.25) is 0 Å². The van der Waals surface area contributed by atoms with Crippen molar-refractivity contribution in [3.8, 4) is 0 Å². The van der Waals surface area contributed by atoms with Crippen LogP contribution < -0.4 is 5.32 Å². The average molecular weight is 410 g/mol. The van der Waals surface area contributed by atoms with E-state index in [1.165, 1.54) is 24.3 Å². The van der Waals surface area contributed by atoms with Crippen molar-refractivity contribution in [3.05, 3.63) is 71.0 Å². The maximum atomic E-state index is 13.7. The van der Waals surface area contributed by atoms with Gasteiger partial charge in [-0.1, -0.05) is 24.3 Å². The molecule has 1 atom stereocenters. The molecule has 2 aromatic rings. The van der Waals surface area contributed by atoms with E-state index < -0.39 is 11.7 Å². The van der Waals surface area contributed by atoms with Crippen LogP contribution in [0, 0.1) is 5.82 Å². The van der Waals surface area contributed by atoms with Crippen molar-refractivity contribution in [3.63, 3.8) is 0 Å². The Labute approximate surface area is 166 Å². The number of ether oxygens (including phenoxy) is 1. The highest BCUT2D eigenvalue weighted by atomic mass is 19.4. The molecule has 0 saturated carbocycles. The lowest BCUT2D eigenvalue weighted by molar-refractivity contribution is -0.137. The van der Waals surface area contributed by atoms with Crippen LogP contribution in [0.25, 0.3) is 0 Å². The number of hydrogen-bond donors (Lipinski definition) is 1. The molecule has 1 aliphatic rings. The minimum absolute atomic E-state index is 0.0306. The molecule has 0 bridgehead atoms. The van der Waals surface area contributed by atoms with Gasteiger partial charge in [0.25, 0.3) is 0 Å². The second kappa shape index (κ2) is 9.37. The molecule has 1 unspecified atom stereocenters. The van der Waals surface area contributed by atoms with Crippen LogP contribution in [0.15, 0.2) is 48.5 Å². The number of amides is 1. The molecule has 1 N–H and O–H groups in total. The van der Waals surface area contributed by atoms with Crippen molar-refractivity contribution in [1.29, 1.82) is 0 Å². The van der Waals surface area contributed by atoms with Gasteiger partial charge in [-0.25, -0.2) is 4.39 Å². The van der Waals surface area contributed by atoms with Gasteiger partial charge in [0.2, 0.25) is 5.91 Å². The number of carbonyl (C=O) groups is 1. The number of halogens is 4. The zero-order valence-corrected chi connectivity index (χ0v) is 15.7. The van der Waals surface area contributed by atoms with Crippen LogP contribution in [0.3, 0.4) is 0 Å². The molecule has 156 valence electrons. The predicted molar refractivity (Wildman–Crippen MR) is 99.7 cm³/mol. The summed E-state index contributed by atoms with van der Waals surface area (Å²) < 4.78 is 57.0. The first kappa shape index (κ1) is 21.3. The third kappa shape index (κ3) is 6.01. The molecule has 1 aliphatic heterocycles. The van der Waals surface area contributed by atoms with E-state index in [4.69, 9.17) is 4.74 Å². The van der Waals surface area contributed by atoms with Crippen molar-refractivity contribution < 1.29 is 27.1 Å². The van der Waals surface area contributed by atoms with Gasteiger partial charge in [-0.05, 0) is 35.4 Å². The summed E-state index contributed by atoms with van der Waals surface area (Å²) in [7, 11) is 0. The third-order valence-corrected chi connectivity index (χ3v) is 4.86. The van der Waals surface area contributed by atoms with Gasteiger partial charge in [-0.15, -0.1) is 0 Å². The van der Waals surface area contributed by atoms with Gasteiger partial charge < -0.3 is 10.1 Å². The Kier molecular flexibility index (Phi) is 6.87. The molecule has 3 rings (SSSR count). The molecule has 29 heavy (non-hydrogen) atoms. The van der Waals surface area contributed by atoms with Gasteiger partial charge in [0, 0.05) is 19.6 Å². The largest absolute Gasteiger partial charge is 0.416 e. The molecule has 1 amide bonds. The molecule has 2 aromatic carbocycles. The lowest BCUT2D eigenvalue weighted by atomic mass is 10.0. The van der Waals surface area contributed by atoms with Crippen LogP contribution in [0.1, 0.15) is 22.7 Å². The Balaban J connectivity index is 1.63. The minimum atomic E-state index is -4.41. The lowest BCUT2D eigenvalue weighted by Gasteiger charge is -2.35. The maximum absolute atomic E-state index is 13.7. The van der Waals surface area contributed by atoms with E-state index in [-0.39, 0.29) is 30.7 Å². The molecule has 0 spiro atoms. The molecule has 0 radical (unpaired) electrons. The van der Waals surface area contributed by atoms with Crippen molar-refractivity contribution >= 4 is 5.91 Å². The smallest absolute Gasteiger partial charge is 0.379 e. The van der Waals surface area contributed by atoms with Gasteiger partial charge in [0.05, 0.1) is 31.2 Å². The SMILES string of the molecule is O=C(Cc1ccc(C(F)(F)F)cc1)NCC(c1cccc(F)c1)N1CCOCC1. The number of morpholine rings is 1. The highest BCUT2D eigenvalue weighted by Gasteiger charge is 2.30. The number of carbonyl (C=O) groups excluding carboxylic acids is 1. The molecule has 4 nitrogen and oxygen atoms in total. The van der Waals surface area contributed by atoms with Crippen LogP contribution in [0.4, 0.5) is 17.6 Å². The highest BCUT2D eigenvalue weighted by molar-refractivity contribution is 5.78. The fraction of sp³-hybridized carbons (Fsp3) is 0.381. The standard InChI is InChI=1S/C21H22F4N2O2/c22-18-3-1-2-16(13-18)19(27-8-10-29-11-9-27)14-26-20(28)12-15-4-6-17(7-5-15)21(23,24)25/h1-7,13,19H,8-12,14H2,(H,26,28). The normalized spacial score (nSPS) is 16.4. The Morgan fingerprint density at radius 1 is 1.10 bits per heavy atom. The summed E-state index contributed by atoms with van der Waals surface area (Å²) in [6, 6.07) is 10.6. The molecular formula is C21H22F4N2O2. The zero-order chi connectivity index (χ0) is 20.9. The Hall–Kier alpha value is -2.45. The molecule has 1 heterocycles. The molecule has 0 aromatic heterocycles. The van der Waals surface area contributed by atoms with E-state index >= 15 is 0 Å². The fourth-order valence-corrected chi connectivity index (χ4v) is 3.33. The van der Waals surface area contributed by atoms with Crippen LogP contribution in [0.5, 0.6) is 0 Å². The van der Waals surface area contributed by atoms with E-state index in [1.54, 1.807) is 6.07 Å². The van der Waals surface area contributed by atoms with Crippen molar-refractivity contribution in [2.45, 2.75) is 18.6 Å². The maximum Gasteiger partial charge on any atom is 0.416 e. The monoisotopic (exact) mass is 410 g/mol. The second-order valence-corrected chi connectivity index (χ2v) is 6.89. The zero-order valence-electron chi connectivity index (χ0n) is 15.7. The third-order valence-electron chi connectivity index (χ3n) is 4.86. The summed E-state index contributed by atoms with van der Waals surface area (Å²) in [5.74, 6) is -0.656.